The molecule has 0 aromatic heterocycles. The van der Waals surface area contributed by atoms with Gasteiger partial charge in [0.25, 0.3) is 0 Å². The molecule has 0 radical (unpaired) electrons. The van der Waals surface area contributed by atoms with E-state index in [1.807, 2.05) is 0 Å². The molecule has 0 nitrogen and oxygen atoms in total. The number of rotatable bonds is 2. The second kappa shape index (κ2) is 8.36. The van der Waals surface area contributed by atoms with Gasteiger partial charge in [-0.25, -0.2) is 0 Å². The minimum atomic E-state index is -0.358. The Hall–Kier alpha value is -0.960. The number of hydrogen-bond acceptors (Lipinski definition) is 0. The molecule has 0 atom stereocenters. The van der Waals surface area contributed by atoms with E-state index < -0.39 is 0 Å². The van der Waals surface area contributed by atoms with E-state index in [9.17, 15) is 0 Å². The van der Waals surface area contributed by atoms with Gasteiger partial charge >= 0.3 is 0 Å². The topological polar surface area (TPSA) is 0 Å². The summed E-state index contributed by atoms with van der Waals surface area (Å²) in [6.07, 6.45) is 0. The Morgan fingerprint density at radius 3 is 1.03 bits per heavy atom. The highest BCUT2D eigenvalue weighted by molar-refractivity contribution is 7.69. The van der Waals surface area contributed by atoms with Gasteiger partial charge in [-0.15, -0.1) is 0 Å². The molecule has 32 heavy (non-hydrogen) atoms. The fourth-order valence-electron chi connectivity index (χ4n) is 5.87. The molecule has 0 fully saturated rings. The summed E-state index contributed by atoms with van der Waals surface area (Å²) in [7, 11) is -0.716. The highest BCUT2D eigenvalue weighted by Crippen LogP contribution is 2.60. The summed E-state index contributed by atoms with van der Waals surface area (Å²) >= 11 is 0. The third-order valence-corrected chi connectivity index (χ3v) is 13.1. The summed E-state index contributed by atoms with van der Waals surface area (Å²) in [4.78, 5) is 0. The zero-order chi connectivity index (χ0) is 24.3. The highest BCUT2D eigenvalue weighted by atomic mass is 31.1. The van der Waals surface area contributed by atoms with Gasteiger partial charge in [-0.1, -0.05) is 135 Å². The van der Waals surface area contributed by atoms with Crippen LogP contribution < -0.4 is 10.6 Å². The fourth-order valence-corrected chi connectivity index (χ4v) is 14.1. The maximum atomic E-state index is 2.55. The Morgan fingerprint density at radius 1 is 0.438 bits per heavy atom. The van der Waals surface area contributed by atoms with Crippen molar-refractivity contribution in [2.75, 3.05) is 0 Å². The molecule has 0 bridgehead atoms. The molecule has 0 aliphatic carbocycles. The molecule has 0 saturated heterocycles. The van der Waals surface area contributed by atoms with Gasteiger partial charge in [0.1, 0.15) is 0 Å². The van der Waals surface area contributed by atoms with Crippen molar-refractivity contribution in [3.63, 3.8) is 0 Å². The van der Waals surface area contributed by atoms with Crippen molar-refractivity contribution in [1.29, 1.82) is 0 Å². The molecule has 0 saturated carbocycles. The molecule has 0 heterocycles. The molecule has 0 unspecified atom stereocenters. The largest absolute Gasteiger partial charge is 0.0636 e. The maximum absolute atomic E-state index is 2.55. The van der Waals surface area contributed by atoms with Crippen LogP contribution in [0.4, 0.5) is 0 Å². The normalized spacial score (nSPS) is 14.2. The number of fused-ring (bicyclic) bond motifs is 2. The van der Waals surface area contributed by atoms with Gasteiger partial charge in [-0.05, 0) is 64.9 Å². The Kier molecular flexibility index (Phi) is 6.71. The van der Waals surface area contributed by atoms with Crippen molar-refractivity contribution < 1.29 is 0 Å². The van der Waals surface area contributed by atoms with Crippen LogP contribution in [0.1, 0.15) is 83.1 Å². The smallest absolute Gasteiger partial charge is 0.01000 e. The lowest BCUT2D eigenvalue weighted by atomic mass is 10.0. The van der Waals surface area contributed by atoms with E-state index in [1.54, 1.807) is 10.6 Å². The van der Waals surface area contributed by atoms with Gasteiger partial charge in [0.2, 0.25) is 0 Å². The van der Waals surface area contributed by atoms with Crippen LogP contribution in [0, 0.1) is 0 Å². The summed E-state index contributed by atoms with van der Waals surface area (Å²) in [6.45, 7) is 29.1. The lowest BCUT2D eigenvalue weighted by molar-refractivity contribution is 0.714. The summed E-state index contributed by atoms with van der Waals surface area (Å²) < 4.78 is 0. The Bertz CT molecular complexity index is 997. The molecule has 0 spiro atoms. The third-order valence-electron chi connectivity index (χ3n) is 6.00. The van der Waals surface area contributed by atoms with E-state index in [4.69, 9.17) is 0 Å². The fraction of sp³-hybridized carbons (Fsp3) is 0.533. The molecule has 174 valence electrons. The van der Waals surface area contributed by atoms with Crippen molar-refractivity contribution in [1.82, 2.24) is 0 Å². The van der Waals surface area contributed by atoms with Crippen LogP contribution in [0.15, 0.2) is 48.5 Å². The molecule has 0 aliphatic rings. The van der Waals surface area contributed by atoms with Crippen molar-refractivity contribution in [3.8, 4) is 0 Å². The molecule has 0 amide bonds. The SMILES string of the molecule is CC(C)(C)P(c1cccc2cc3cccc(P(C(C)(C)C)C(C)(C)C)c3cc12)C(C)(C)C. The molecular weight excluding hydrogens is 422 g/mol. The molecular formula is C30H44P2. The van der Waals surface area contributed by atoms with Gasteiger partial charge in [0.15, 0.2) is 0 Å². The lowest BCUT2D eigenvalue weighted by Crippen LogP contribution is -2.32. The number of benzene rings is 3. The summed E-state index contributed by atoms with van der Waals surface area (Å²) in [5.41, 5.74) is 0. The first-order chi connectivity index (χ1) is 14.4. The minimum absolute atomic E-state index is 0.250. The van der Waals surface area contributed by atoms with Crippen molar-refractivity contribution >= 4 is 48.0 Å². The van der Waals surface area contributed by atoms with Gasteiger partial charge in [-0.2, -0.15) is 0 Å². The van der Waals surface area contributed by atoms with Gasteiger partial charge in [-0.3, -0.25) is 0 Å². The van der Waals surface area contributed by atoms with E-state index >= 15 is 0 Å². The quantitative estimate of drug-likeness (QED) is 0.261. The van der Waals surface area contributed by atoms with Crippen LogP contribution in [0.3, 0.4) is 0 Å². The van der Waals surface area contributed by atoms with Crippen molar-refractivity contribution in [2.24, 2.45) is 0 Å². The van der Waals surface area contributed by atoms with E-state index in [2.05, 4.69) is 132 Å². The maximum Gasteiger partial charge on any atom is -0.01000 e. The van der Waals surface area contributed by atoms with Crippen LogP contribution in [-0.2, 0) is 0 Å². The zero-order valence-corrected chi connectivity index (χ0v) is 24.3. The molecule has 0 aliphatic heterocycles. The monoisotopic (exact) mass is 466 g/mol. The third kappa shape index (κ3) is 5.08. The van der Waals surface area contributed by atoms with Gasteiger partial charge in [0.05, 0.1) is 0 Å². The molecule has 0 N–H and O–H groups in total. The molecule has 3 rings (SSSR count). The van der Waals surface area contributed by atoms with E-state index in [-0.39, 0.29) is 36.5 Å². The van der Waals surface area contributed by atoms with Crippen molar-refractivity contribution in [3.05, 3.63) is 48.5 Å². The standard InChI is InChI=1S/C30H44P2/c1-27(2,3)31(28(4,5)6)25-17-13-15-21-19-22-16-14-18-26(24(22)20-23(21)25)32(29(7,8)9)30(10,11)12/h13-20H,1-12H3. The first-order valence-electron chi connectivity index (χ1n) is 12.0. The minimum Gasteiger partial charge on any atom is -0.0636 e. The van der Waals surface area contributed by atoms with Crippen LogP contribution in [0.25, 0.3) is 21.5 Å². The summed E-state index contributed by atoms with van der Waals surface area (Å²) in [6, 6.07) is 19.0. The predicted molar refractivity (Wildman–Crippen MR) is 154 cm³/mol. The Balaban J connectivity index is 2.41. The van der Waals surface area contributed by atoms with E-state index in [0.717, 1.165) is 0 Å². The van der Waals surface area contributed by atoms with E-state index in [0.29, 0.717) is 0 Å². The van der Waals surface area contributed by atoms with Crippen molar-refractivity contribution in [2.45, 2.75) is 104 Å². The second-order valence-electron chi connectivity index (χ2n) is 13.2. The van der Waals surface area contributed by atoms with Crippen LogP contribution >= 0.6 is 15.8 Å². The highest BCUT2D eigenvalue weighted by Gasteiger charge is 2.38. The average molecular weight is 467 g/mol. The van der Waals surface area contributed by atoms with Crippen LogP contribution in [-0.4, -0.2) is 20.6 Å². The summed E-state index contributed by atoms with van der Waals surface area (Å²) in [5.74, 6) is 0. The first-order valence-corrected chi connectivity index (χ1v) is 14.7. The van der Waals surface area contributed by atoms with E-state index in [1.165, 1.54) is 21.5 Å². The predicted octanol–water partition coefficient (Wildman–Crippen LogP) is 9.40. The van der Waals surface area contributed by atoms with Crippen LogP contribution in [0.2, 0.25) is 0 Å². The number of hydrogen-bond donors (Lipinski definition) is 0. The molecule has 2 heteroatoms. The average Bonchev–Trinajstić information content (AvgIpc) is 2.56. The Labute approximate surface area is 200 Å². The molecule has 3 aromatic carbocycles. The Morgan fingerprint density at radius 2 is 0.750 bits per heavy atom. The van der Waals surface area contributed by atoms with Gasteiger partial charge in [0, 0.05) is 0 Å². The van der Waals surface area contributed by atoms with Crippen LogP contribution in [0.5, 0.6) is 0 Å². The first kappa shape index (κ1) is 25.7. The second-order valence-corrected chi connectivity index (χ2v) is 20.9. The summed E-state index contributed by atoms with van der Waals surface area (Å²) in [5, 5.41) is 9.80. The molecule has 3 aromatic rings. The lowest BCUT2D eigenvalue weighted by Gasteiger charge is -2.43. The zero-order valence-electron chi connectivity index (χ0n) is 22.5. The van der Waals surface area contributed by atoms with Gasteiger partial charge < -0.3 is 0 Å².